The molecule has 0 saturated heterocycles. The molecule has 10 nitrogen and oxygen atoms in total. The summed E-state index contributed by atoms with van der Waals surface area (Å²) in [6, 6.07) is 1.29. The SMILES string of the molecule is [2H]C([2H])(C)C([2H])([2H])Sc1nc(N[C@@H]2C([2H])([2H])[C@@]2([2H])c2ccc(C)c(F)c2)c2nnn([C@@H]3C[C@H](OC([2H])([2H])C([2H])([2H])O)[C@@H](O)[C@H]3O)c2n1. The number of hydrogen-bond donors (Lipinski definition) is 4. The zero-order valence-electron chi connectivity index (χ0n) is 30.1. The van der Waals surface area contributed by atoms with E-state index in [4.69, 9.17) is 19.8 Å². The van der Waals surface area contributed by atoms with E-state index in [-0.39, 0.29) is 39.5 Å². The van der Waals surface area contributed by atoms with Gasteiger partial charge in [0.25, 0.3) is 0 Å². The van der Waals surface area contributed by atoms with E-state index in [1.165, 1.54) is 19.1 Å². The second-order valence-corrected chi connectivity index (χ2v) is 9.04. The Morgan fingerprint density at radius 2 is 2.19 bits per heavy atom. The van der Waals surface area contributed by atoms with Crippen LogP contribution in [0.2, 0.25) is 0 Å². The number of thioether (sulfide) groups is 1. The van der Waals surface area contributed by atoms with Crippen LogP contribution < -0.4 is 5.32 Å². The minimum atomic E-state index is -3.47. The van der Waals surface area contributed by atoms with E-state index >= 15 is 0 Å². The number of fused-ring (bicyclic) bond motifs is 1. The first kappa shape index (κ1) is 15.1. The van der Waals surface area contributed by atoms with Crippen molar-refractivity contribution in [3.05, 3.63) is 35.1 Å². The molecule has 0 spiro atoms. The normalized spacial score (nSPS) is 37.2. The fourth-order valence-corrected chi connectivity index (χ4v) is 4.54. The Labute approximate surface area is 227 Å². The molecule has 0 bridgehead atoms. The van der Waals surface area contributed by atoms with Crippen molar-refractivity contribution in [3.63, 3.8) is 0 Å². The van der Waals surface area contributed by atoms with E-state index in [0.717, 1.165) is 17.7 Å². The van der Waals surface area contributed by atoms with Gasteiger partial charge in [-0.3, -0.25) is 0 Å². The van der Waals surface area contributed by atoms with Gasteiger partial charge < -0.3 is 25.4 Å². The topological polar surface area (TPSA) is 138 Å². The van der Waals surface area contributed by atoms with Gasteiger partial charge in [-0.05, 0) is 36.9 Å². The van der Waals surface area contributed by atoms with Crippen molar-refractivity contribution < 1.29 is 39.5 Å². The van der Waals surface area contributed by atoms with Crippen molar-refractivity contribution in [3.8, 4) is 0 Å². The molecule has 4 N–H and O–H groups in total. The van der Waals surface area contributed by atoms with Crippen LogP contribution in [0, 0.1) is 12.7 Å². The summed E-state index contributed by atoms with van der Waals surface area (Å²) in [5, 5.41) is 41.4. The van der Waals surface area contributed by atoms with Gasteiger partial charge in [0, 0.05) is 33.7 Å². The van der Waals surface area contributed by atoms with Gasteiger partial charge in [-0.1, -0.05) is 36.0 Å². The number of anilines is 1. The summed E-state index contributed by atoms with van der Waals surface area (Å²) >= 11 is 0.278. The number of rotatable bonds is 10. The van der Waals surface area contributed by atoms with Crippen molar-refractivity contribution in [2.45, 2.75) is 74.5 Å². The van der Waals surface area contributed by atoms with Gasteiger partial charge in [0.05, 0.1) is 30.7 Å². The predicted molar refractivity (Wildman–Crippen MR) is 133 cm³/mol. The Bertz CT molecular complexity index is 1690. The molecule has 1 aromatic carbocycles. The second kappa shape index (κ2) is 10.5. The lowest BCUT2D eigenvalue weighted by molar-refractivity contribution is -0.0629. The molecule has 2 saturated carbocycles. The number of aryl methyl sites for hydroxylation is 1. The molecule has 3 aromatic rings. The smallest absolute Gasteiger partial charge is 0.191 e. The summed E-state index contributed by atoms with van der Waals surface area (Å²) < 4.78 is 109. The van der Waals surface area contributed by atoms with Crippen molar-refractivity contribution in [1.82, 2.24) is 25.0 Å². The van der Waals surface area contributed by atoms with Gasteiger partial charge in [-0.2, -0.15) is 0 Å². The Morgan fingerprint density at radius 3 is 2.94 bits per heavy atom. The summed E-state index contributed by atoms with van der Waals surface area (Å²) in [7, 11) is 0. The number of aromatic nitrogens is 5. The molecule has 6 atom stereocenters. The molecule has 194 valence electrons. The third kappa shape index (κ3) is 4.92. The number of nitrogens with one attached hydrogen (secondary N) is 1. The summed E-state index contributed by atoms with van der Waals surface area (Å²) in [4.78, 5) is 8.50. The fourth-order valence-electron chi connectivity index (χ4n) is 4.07. The summed E-state index contributed by atoms with van der Waals surface area (Å²) in [6.07, 6.45) is -10.2. The maximum absolute atomic E-state index is 14.4. The van der Waals surface area contributed by atoms with Crippen LogP contribution in [0.25, 0.3) is 11.2 Å². The van der Waals surface area contributed by atoms with Crippen molar-refractivity contribution in [2.75, 3.05) is 24.1 Å². The van der Waals surface area contributed by atoms with Crippen LogP contribution in [0.4, 0.5) is 10.2 Å². The Balaban J connectivity index is 1.56. The Kier molecular flexibility index (Phi) is 4.43. The highest BCUT2D eigenvalue weighted by Gasteiger charge is 2.45. The number of hydrogen-bond acceptors (Lipinski definition) is 10. The van der Waals surface area contributed by atoms with Crippen LogP contribution in [0.15, 0.2) is 23.4 Å². The monoisotopic (exact) mass is 529 g/mol. The third-order valence-corrected chi connectivity index (χ3v) is 6.66. The van der Waals surface area contributed by atoms with E-state index in [0.29, 0.717) is 5.56 Å². The van der Waals surface area contributed by atoms with Gasteiger partial charge >= 0.3 is 0 Å². The summed E-state index contributed by atoms with van der Waals surface area (Å²) in [6.45, 7) is -4.25. The van der Waals surface area contributed by atoms with E-state index < -0.39 is 80.1 Å². The van der Waals surface area contributed by atoms with E-state index in [2.05, 4.69) is 25.6 Å². The molecular formula is C24H31FN6O4S. The van der Waals surface area contributed by atoms with Gasteiger partial charge in [-0.25, -0.2) is 19.0 Å². The maximum Gasteiger partial charge on any atom is 0.191 e. The molecule has 2 aromatic heterocycles. The minimum absolute atomic E-state index is 0.0309. The molecule has 0 aliphatic heterocycles. The minimum Gasteiger partial charge on any atom is -0.394 e. The average molecular weight is 530 g/mol. The molecular weight excluding hydrogens is 487 g/mol. The first-order chi connectivity index (χ1) is 21.3. The van der Waals surface area contributed by atoms with Crippen LogP contribution in [0.3, 0.4) is 0 Å². The quantitative estimate of drug-likeness (QED) is 0.228. The van der Waals surface area contributed by atoms with E-state index in [9.17, 15) is 19.7 Å². The second-order valence-electron chi connectivity index (χ2n) is 8.27. The molecule has 0 radical (unpaired) electrons. The average Bonchev–Trinajstić information content (AvgIpc) is 3.22. The number of benzene rings is 1. The molecule has 2 aliphatic carbocycles. The predicted octanol–water partition coefficient (Wildman–Crippen LogP) is 2.18. The van der Waals surface area contributed by atoms with Gasteiger partial charge in [0.2, 0.25) is 0 Å². The molecule has 0 unspecified atom stereocenters. The molecule has 5 rings (SSSR count). The van der Waals surface area contributed by atoms with Crippen LogP contribution in [-0.2, 0) is 4.74 Å². The van der Waals surface area contributed by atoms with Crippen LogP contribution in [-0.4, -0.2) is 83.5 Å². The zero-order chi connectivity index (χ0) is 35.3. The van der Waals surface area contributed by atoms with Gasteiger partial charge in [-0.15, -0.1) is 5.10 Å². The number of ether oxygens (including phenoxy) is 1. The largest absolute Gasteiger partial charge is 0.394 e. The zero-order valence-corrected chi connectivity index (χ0v) is 19.9. The van der Waals surface area contributed by atoms with Crippen LogP contribution >= 0.6 is 11.8 Å². The lowest BCUT2D eigenvalue weighted by atomic mass is 10.1. The van der Waals surface area contributed by atoms with Crippen molar-refractivity contribution in [2.24, 2.45) is 0 Å². The molecule has 2 aliphatic rings. The van der Waals surface area contributed by atoms with Gasteiger partial charge in [0.15, 0.2) is 22.1 Å². The number of nitrogens with zero attached hydrogens (tertiary/aromatic N) is 5. The highest BCUT2D eigenvalue weighted by Crippen LogP contribution is 2.44. The summed E-state index contributed by atoms with van der Waals surface area (Å²) in [5.74, 6) is -2.90. The maximum atomic E-state index is 14.4. The molecule has 2 fully saturated rings. The van der Waals surface area contributed by atoms with E-state index in [1.54, 1.807) is 0 Å². The van der Waals surface area contributed by atoms with Crippen molar-refractivity contribution in [1.29, 1.82) is 0 Å². The van der Waals surface area contributed by atoms with Crippen LogP contribution in [0.1, 0.15) is 64.2 Å². The lowest BCUT2D eigenvalue weighted by Crippen LogP contribution is -2.33. The fraction of sp³-hybridized carbons (Fsp3) is 0.583. The number of aliphatic hydroxyl groups is 3. The molecule has 12 heteroatoms. The highest BCUT2D eigenvalue weighted by atomic mass is 32.2. The van der Waals surface area contributed by atoms with Crippen molar-refractivity contribution >= 4 is 28.7 Å². The molecule has 0 amide bonds. The first-order valence-electron chi connectivity index (χ1n) is 16.4. The number of halogens is 1. The molecule has 2 heterocycles. The summed E-state index contributed by atoms with van der Waals surface area (Å²) in [5.41, 5.74) is -2.67. The van der Waals surface area contributed by atoms with E-state index in [1.807, 2.05) is 0 Å². The first-order valence-corrected chi connectivity index (χ1v) is 11.8. The lowest BCUT2D eigenvalue weighted by Gasteiger charge is -2.17. The van der Waals surface area contributed by atoms with Crippen LogP contribution in [0.5, 0.6) is 0 Å². The standard InChI is InChI=1S/C24H31FN6O4S/c1-3-8-36-24-27-22(26-16-10-14(16)13-5-4-12(2)15(25)9-13)19-23(28-24)31(30-29-19)17-11-18(35-7-6-32)21(34)20(17)33/h4-5,9,14,16-18,20-21,32-34H,3,6-8,10-11H2,1-2H3,(H,26,27,28)/t14-,16+,17+,18-,20-,21+/m0/s1/i3D2,6D2,7D2,8D2,10D2,14D. The van der Waals surface area contributed by atoms with Gasteiger partial charge in [0.1, 0.15) is 18.0 Å². The highest BCUT2D eigenvalue weighted by molar-refractivity contribution is 7.99. The number of aliphatic hydroxyl groups excluding tert-OH is 2. The Hall–Kier alpha value is -2.38. The molecule has 36 heavy (non-hydrogen) atoms. The third-order valence-electron chi connectivity index (χ3n) is 5.99. The Morgan fingerprint density at radius 1 is 1.36 bits per heavy atom.